The molecule has 0 saturated heterocycles. The first-order valence-corrected chi connectivity index (χ1v) is 10.1. The Morgan fingerprint density at radius 3 is 2.39 bits per heavy atom. The number of hydrogen-bond acceptors (Lipinski definition) is 6. The van der Waals surface area contributed by atoms with Crippen molar-refractivity contribution in [1.29, 1.82) is 0 Å². The average Bonchev–Trinajstić information content (AvgIpc) is 3.26. The molecule has 0 aliphatic carbocycles. The Labute approximate surface area is 185 Å². The van der Waals surface area contributed by atoms with E-state index >= 15 is 0 Å². The number of pyridine rings is 1. The largest absolute Gasteiger partial charge is 0.486 e. The van der Waals surface area contributed by atoms with E-state index in [4.69, 9.17) is 9.47 Å². The Morgan fingerprint density at radius 1 is 0.909 bits per heavy atom. The molecule has 0 radical (unpaired) electrons. The van der Waals surface area contributed by atoms with Crippen LogP contribution in [0.4, 0.5) is 14.5 Å². The van der Waals surface area contributed by atoms with Crippen LogP contribution in [0.1, 0.15) is 26.4 Å². The van der Waals surface area contributed by atoms with E-state index in [1.807, 2.05) is 0 Å². The zero-order valence-electron chi connectivity index (χ0n) is 17.1. The van der Waals surface area contributed by atoms with Gasteiger partial charge in [0.05, 0.1) is 33.6 Å². The molecule has 4 heterocycles. The van der Waals surface area contributed by atoms with Crippen molar-refractivity contribution in [3.05, 3.63) is 71.1 Å². The van der Waals surface area contributed by atoms with E-state index in [2.05, 4.69) is 10.1 Å². The summed E-state index contributed by atoms with van der Waals surface area (Å²) in [5, 5.41) is 4.68. The number of halogens is 2. The first kappa shape index (κ1) is 19.4. The second-order valence-electron chi connectivity index (χ2n) is 7.64. The SMILES string of the molecule is Cc1nn(-c2cc(F)cc(F)c2)c2ncc3c(c12)C(=O)N(c1ccc2c(c1)OCCO2)C3=O. The predicted molar refractivity (Wildman–Crippen MR) is 112 cm³/mol. The third-order valence-electron chi connectivity index (χ3n) is 5.60. The summed E-state index contributed by atoms with van der Waals surface area (Å²) in [6.45, 7) is 2.42. The standard InChI is InChI=1S/C23H14F2N4O4/c1-11-19-20-16(10-26-21(19)29(27-11)15-7-12(24)6-13(25)8-15)22(30)28(23(20)31)14-2-3-17-18(9-14)33-5-4-32-17/h2-3,6-10H,4-5H2,1H3. The smallest absolute Gasteiger partial charge is 0.267 e. The first-order chi connectivity index (χ1) is 15.9. The number of carbonyl (C=O) groups excluding carboxylic acids is 2. The molecule has 6 rings (SSSR count). The summed E-state index contributed by atoms with van der Waals surface area (Å²) in [7, 11) is 0. The molecule has 0 unspecified atom stereocenters. The van der Waals surface area contributed by atoms with Crippen molar-refractivity contribution in [2.45, 2.75) is 6.92 Å². The van der Waals surface area contributed by atoms with Crippen LogP contribution in [0, 0.1) is 18.6 Å². The zero-order chi connectivity index (χ0) is 22.9. The predicted octanol–water partition coefficient (Wildman–Crippen LogP) is 3.58. The van der Waals surface area contributed by atoms with Gasteiger partial charge >= 0.3 is 0 Å². The van der Waals surface area contributed by atoms with Gasteiger partial charge in [-0.05, 0) is 31.2 Å². The van der Waals surface area contributed by atoms with Crippen molar-refractivity contribution in [2.24, 2.45) is 0 Å². The third kappa shape index (κ3) is 2.80. The Balaban J connectivity index is 1.50. The molecule has 10 heteroatoms. The molecule has 4 aromatic rings. The summed E-state index contributed by atoms with van der Waals surface area (Å²) >= 11 is 0. The van der Waals surface area contributed by atoms with Gasteiger partial charge in [-0.15, -0.1) is 0 Å². The number of ether oxygens (including phenoxy) is 2. The van der Waals surface area contributed by atoms with Gasteiger partial charge in [-0.2, -0.15) is 5.10 Å². The highest BCUT2D eigenvalue weighted by molar-refractivity contribution is 6.37. The number of imide groups is 1. The number of aromatic nitrogens is 3. The van der Waals surface area contributed by atoms with Crippen molar-refractivity contribution in [3.63, 3.8) is 0 Å². The second-order valence-corrected chi connectivity index (χ2v) is 7.64. The van der Waals surface area contributed by atoms with E-state index in [9.17, 15) is 18.4 Å². The minimum absolute atomic E-state index is 0.110. The topological polar surface area (TPSA) is 86.6 Å². The number of fused-ring (bicyclic) bond motifs is 4. The van der Waals surface area contributed by atoms with Gasteiger partial charge in [-0.1, -0.05) is 0 Å². The fourth-order valence-corrected chi connectivity index (χ4v) is 4.21. The van der Waals surface area contributed by atoms with Gasteiger partial charge in [-0.25, -0.2) is 23.3 Å². The number of hydrogen-bond donors (Lipinski definition) is 0. The number of rotatable bonds is 2. The van der Waals surface area contributed by atoms with Crippen LogP contribution < -0.4 is 14.4 Å². The van der Waals surface area contributed by atoms with Crippen LogP contribution in [0.3, 0.4) is 0 Å². The van der Waals surface area contributed by atoms with Crippen LogP contribution in [-0.2, 0) is 0 Å². The lowest BCUT2D eigenvalue weighted by atomic mass is 10.1. The normalized spacial score (nSPS) is 14.8. The minimum atomic E-state index is -0.775. The molecule has 2 amide bonds. The van der Waals surface area contributed by atoms with E-state index in [1.54, 1.807) is 25.1 Å². The third-order valence-corrected chi connectivity index (χ3v) is 5.60. The van der Waals surface area contributed by atoms with Gasteiger partial charge in [0.2, 0.25) is 0 Å². The highest BCUT2D eigenvalue weighted by Gasteiger charge is 2.40. The Morgan fingerprint density at radius 2 is 1.64 bits per heavy atom. The maximum atomic E-state index is 13.8. The van der Waals surface area contributed by atoms with Crippen molar-refractivity contribution in [2.75, 3.05) is 18.1 Å². The molecule has 0 bridgehead atoms. The molecule has 0 fully saturated rings. The van der Waals surface area contributed by atoms with Crippen LogP contribution in [0.15, 0.2) is 42.6 Å². The number of nitrogens with zero attached hydrogens (tertiary/aromatic N) is 4. The Bertz CT molecular complexity index is 1490. The van der Waals surface area contributed by atoms with E-state index < -0.39 is 23.4 Å². The second kappa shape index (κ2) is 6.83. The van der Waals surface area contributed by atoms with Crippen molar-refractivity contribution >= 4 is 28.5 Å². The molecule has 0 atom stereocenters. The molecule has 164 valence electrons. The fourth-order valence-electron chi connectivity index (χ4n) is 4.21. The average molecular weight is 448 g/mol. The lowest BCUT2D eigenvalue weighted by molar-refractivity contribution is 0.0926. The van der Waals surface area contributed by atoms with E-state index in [-0.39, 0.29) is 22.5 Å². The molecule has 2 aromatic carbocycles. The lowest BCUT2D eigenvalue weighted by Crippen LogP contribution is -2.29. The maximum Gasteiger partial charge on any atom is 0.267 e. The van der Waals surface area contributed by atoms with Crippen molar-refractivity contribution in [1.82, 2.24) is 14.8 Å². The quantitative estimate of drug-likeness (QED) is 0.436. The van der Waals surface area contributed by atoms with E-state index in [1.165, 1.54) is 10.9 Å². The van der Waals surface area contributed by atoms with Gasteiger partial charge < -0.3 is 9.47 Å². The van der Waals surface area contributed by atoms with Crippen LogP contribution in [0.25, 0.3) is 16.7 Å². The first-order valence-electron chi connectivity index (χ1n) is 10.1. The number of anilines is 1. The summed E-state index contributed by atoms with van der Waals surface area (Å²) in [5.74, 6) is -1.66. The maximum absolute atomic E-state index is 13.8. The van der Waals surface area contributed by atoms with Crippen LogP contribution in [-0.4, -0.2) is 39.8 Å². The van der Waals surface area contributed by atoms with Crippen LogP contribution >= 0.6 is 0 Å². The van der Waals surface area contributed by atoms with Gasteiger partial charge in [0.15, 0.2) is 17.1 Å². The van der Waals surface area contributed by atoms with Gasteiger partial charge in [0.25, 0.3) is 11.8 Å². The molecule has 2 aromatic heterocycles. The number of amides is 2. The summed E-state index contributed by atoms with van der Waals surface area (Å²) in [6.07, 6.45) is 1.28. The highest BCUT2D eigenvalue weighted by Crippen LogP contribution is 2.38. The van der Waals surface area contributed by atoms with E-state index in [0.717, 1.165) is 23.1 Å². The number of benzene rings is 2. The molecule has 8 nitrogen and oxygen atoms in total. The Hall–Kier alpha value is -4.34. The summed E-state index contributed by atoms with van der Waals surface area (Å²) in [5.41, 5.74) is 1.30. The monoisotopic (exact) mass is 448 g/mol. The fraction of sp³-hybridized carbons (Fsp3) is 0.130. The molecule has 0 spiro atoms. The number of carbonyl (C=O) groups is 2. The molecular formula is C23H14F2N4O4. The molecule has 0 saturated carbocycles. The molecular weight excluding hydrogens is 434 g/mol. The molecule has 33 heavy (non-hydrogen) atoms. The van der Waals surface area contributed by atoms with E-state index in [0.29, 0.717) is 41.5 Å². The Kier molecular flexibility index (Phi) is 4.00. The molecule has 0 N–H and O–H groups in total. The summed E-state index contributed by atoms with van der Waals surface area (Å²) in [6, 6.07) is 7.79. The van der Waals surface area contributed by atoms with Crippen LogP contribution in [0.2, 0.25) is 0 Å². The van der Waals surface area contributed by atoms with Crippen LogP contribution in [0.5, 0.6) is 11.5 Å². The van der Waals surface area contributed by atoms with Crippen molar-refractivity contribution in [3.8, 4) is 17.2 Å². The van der Waals surface area contributed by atoms with Gasteiger partial charge in [0, 0.05) is 18.3 Å². The zero-order valence-corrected chi connectivity index (χ0v) is 17.1. The van der Waals surface area contributed by atoms with Gasteiger partial charge in [0.1, 0.15) is 24.8 Å². The molecule has 2 aliphatic rings. The van der Waals surface area contributed by atoms with Gasteiger partial charge in [-0.3, -0.25) is 9.59 Å². The molecule has 2 aliphatic heterocycles. The lowest BCUT2D eigenvalue weighted by Gasteiger charge is -2.21. The highest BCUT2D eigenvalue weighted by atomic mass is 19.1. The summed E-state index contributed by atoms with van der Waals surface area (Å²) in [4.78, 5) is 32.0. The summed E-state index contributed by atoms with van der Waals surface area (Å²) < 4.78 is 39.9. The van der Waals surface area contributed by atoms with Crippen molar-refractivity contribution < 1.29 is 27.8 Å². The minimum Gasteiger partial charge on any atom is -0.486 e. The number of aryl methyl sites for hydroxylation is 1.